The fourth-order valence-corrected chi connectivity index (χ4v) is 3.24. The van der Waals surface area contributed by atoms with Gasteiger partial charge in [0.2, 0.25) is 15.9 Å². The first-order chi connectivity index (χ1) is 12.2. The molecule has 0 radical (unpaired) electrons. The molecule has 1 amide bonds. The van der Waals surface area contributed by atoms with E-state index in [0.717, 1.165) is 4.31 Å². The molecule has 0 aromatic heterocycles. The standard InChI is InChI=1S/C18H22FN3O3S/c1-21(2)26(24,25)16-10-8-15(9-11-16)20-18(23)13-22(3)12-14-6-4-5-7-17(14)19/h4-11H,12-13H2,1-3H3,(H,20,23). The Balaban J connectivity index is 1.94. The van der Waals surface area contributed by atoms with E-state index in [9.17, 15) is 17.6 Å². The summed E-state index contributed by atoms with van der Waals surface area (Å²) in [5, 5.41) is 2.70. The molecule has 2 aromatic rings. The first-order valence-electron chi connectivity index (χ1n) is 7.94. The molecule has 2 rings (SSSR count). The van der Waals surface area contributed by atoms with Crippen LogP contribution in [0.5, 0.6) is 0 Å². The number of nitrogens with one attached hydrogen (secondary N) is 1. The van der Waals surface area contributed by atoms with Gasteiger partial charge in [0.25, 0.3) is 0 Å². The van der Waals surface area contributed by atoms with Crippen molar-refractivity contribution in [3.05, 3.63) is 59.9 Å². The molecule has 2 aromatic carbocycles. The molecule has 6 nitrogen and oxygen atoms in total. The van der Waals surface area contributed by atoms with Crippen LogP contribution in [0.15, 0.2) is 53.4 Å². The fraction of sp³-hybridized carbons (Fsp3) is 0.278. The molecule has 0 saturated carbocycles. The zero-order valence-electron chi connectivity index (χ0n) is 14.9. The maximum Gasteiger partial charge on any atom is 0.242 e. The van der Waals surface area contributed by atoms with Crippen LogP contribution in [0.25, 0.3) is 0 Å². The van der Waals surface area contributed by atoms with Gasteiger partial charge in [-0.1, -0.05) is 18.2 Å². The van der Waals surface area contributed by atoms with Crippen LogP contribution in [0.1, 0.15) is 5.56 Å². The van der Waals surface area contributed by atoms with E-state index in [1.807, 2.05) is 0 Å². The predicted octanol–water partition coefficient (Wildman–Crippen LogP) is 2.15. The number of nitrogens with zero attached hydrogens (tertiary/aromatic N) is 2. The third kappa shape index (κ3) is 5.10. The summed E-state index contributed by atoms with van der Waals surface area (Å²) in [5.74, 6) is -0.579. The molecule has 8 heteroatoms. The van der Waals surface area contributed by atoms with Crippen molar-refractivity contribution in [1.29, 1.82) is 0 Å². The molecule has 0 aliphatic heterocycles. The molecule has 0 unspecified atom stereocenters. The molecular weight excluding hydrogens is 357 g/mol. The van der Waals surface area contributed by atoms with Gasteiger partial charge in [-0.3, -0.25) is 9.69 Å². The number of halogens is 1. The highest BCUT2D eigenvalue weighted by atomic mass is 32.2. The van der Waals surface area contributed by atoms with Gasteiger partial charge in [0.15, 0.2) is 0 Å². The minimum absolute atomic E-state index is 0.0755. The number of sulfonamides is 1. The Hall–Kier alpha value is -2.29. The maximum absolute atomic E-state index is 13.6. The zero-order chi connectivity index (χ0) is 19.3. The van der Waals surface area contributed by atoms with Crippen LogP contribution in [0.3, 0.4) is 0 Å². The predicted molar refractivity (Wildman–Crippen MR) is 98.7 cm³/mol. The molecule has 1 N–H and O–H groups in total. The van der Waals surface area contributed by atoms with Crippen LogP contribution in [0.4, 0.5) is 10.1 Å². The summed E-state index contributed by atoms with van der Waals surface area (Å²) in [6, 6.07) is 12.4. The first kappa shape index (κ1) is 20.0. The van der Waals surface area contributed by atoms with E-state index in [-0.39, 0.29) is 23.2 Å². The second-order valence-electron chi connectivity index (χ2n) is 6.12. The first-order valence-corrected chi connectivity index (χ1v) is 9.38. The lowest BCUT2D eigenvalue weighted by Gasteiger charge is -2.17. The average molecular weight is 379 g/mol. The monoisotopic (exact) mass is 379 g/mol. The smallest absolute Gasteiger partial charge is 0.242 e. The van der Waals surface area contributed by atoms with Gasteiger partial charge in [-0.2, -0.15) is 0 Å². The lowest BCUT2D eigenvalue weighted by Crippen LogP contribution is -2.30. The van der Waals surface area contributed by atoms with Gasteiger partial charge in [-0.15, -0.1) is 0 Å². The van der Waals surface area contributed by atoms with Crippen molar-refractivity contribution in [1.82, 2.24) is 9.21 Å². The van der Waals surface area contributed by atoms with E-state index in [2.05, 4.69) is 5.32 Å². The van der Waals surface area contributed by atoms with Gasteiger partial charge in [0, 0.05) is 31.9 Å². The number of amides is 1. The number of carbonyl (C=O) groups is 1. The van der Waals surface area contributed by atoms with Crippen molar-refractivity contribution in [3.63, 3.8) is 0 Å². The van der Waals surface area contributed by atoms with Gasteiger partial charge < -0.3 is 5.32 Å². The number of carbonyl (C=O) groups excluding carboxylic acids is 1. The molecule has 0 bridgehead atoms. The minimum atomic E-state index is -3.50. The van der Waals surface area contributed by atoms with E-state index in [1.54, 1.807) is 30.1 Å². The summed E-state index contributed by atoms with van der Waals surface area (Å²) in [6.45, 7) is 0.381. The van der Waals surface area contributed by atoms with E-state index in [0.29, 0.717) is 17.8 Å². The summed E-state index contributed by atoms with van der Waals surface area (Å²) in [5.41, 5.74) is 1.01. The highest BCUT2D eigenvalue weighted by Crippen LogP contribution is 2.16. The van der Waals surface area contributed by atoms with Gasteiger partial charge >= 0.3 is 0 Å². The van der Waals surface area contributed by atoms with Crippen molar-refractivity contribution < 1.29 is 17.6 Å². The number of anilines is 1. The van der Waals surface area contributed by atoms with Crippen LogP contribution in [-0.2, 0) is 21.4 Å². The van der Waals surface area contributed by atoms with E-state index < -0.39 is 10.0 Å². The number of rotatable bonds is 7. The van der Waals surface area contributed by atoms with Crippen molar-refractivity contribution in [2.45, 2.75) is 11.4 Å². The third-order valence-corrected chi connectivity index (χ3v) is 5.56. The zero-order valence-corrected chi connectivity index (χ0v) is 15.8. The quantitative estimate of drug-likeness (QED) is 0.800. The third-order valence-electron chi connectivity index (χ3n) is 3.73. The molecule has 140 valence electrons. The Morgan fingerprint density at radius 2 is 1.65 bits per heavy atom. The van der Waals surface area contributed by atoms with E-state index in [1.165, 1.54) is 44.4 Å². The van der Waals surface area contributed by atoms with Crippen LogP contribution in [0.2, 0.25) is 0 Å². The molecule has 0 atom stereocenters. The fourth-order valence-electron chi connectivity index (χ4n) is 2.34. The van der Waals surface area contributed by atoms with Crippen molar-refractivity contribution in [3.8, 4) is 0 Å². The maximum atomic E-state index is 13.6. The Labute approximate surface area is 153 Å². The van der Waals surface area contributed by atoms with E-state index in [4.69, 9.17) is 0 Å². The molecule has 0 heterocycles. The summed E-state index contributed by atoms with van der Waals surface area (Å²) >= 11 is 0. The minimum Gasteiger partial charge on any atom is -0.325 e. The Morgan fingerprint density at radius 3 is 2.23 bits per heavy atom. The van der Waals surface area contributed by atoms with Crippen LogP contribution in [-0.4, -0.2) is 51.2 Å². The van der Waals surface area contributed by atoms with Gasteiger partial charge in [0.1, 0.15) is 5.82 Å². The van der Waals surface area contributed by atoms with Crippen LogP contribution < -0.4 is 5.32 Å². The van der Waals surface area contributed by atoms with Crippen LogP contribution in [0, 0.1) is 5.82 Å². The van der Waals surface area contributed by atoms with Gasteiger partial charge in [0.05, 0.1) is 11.4 Å². The summed E-state index contributed by atoms with van der Waals surface area (Å²) in [4.78, 5) is 14.0. The molecular formula is C18H22FN3O3S. The number of hydrogen-bond donors (Lipinski definition) is 1. The van der Waals surface area contributed by atoms with E-state index >= 15 is 0 Å². The molecule has 0 aliphatic rings. The summed E-state index contributed by atoms with van der Waals surface area (Å²) < 4.78 is 38.8. The Kier molecular flexibility index (Phi) is 6.47. The molecule has 0 spiro atoms. The second-order valence-corrected chi connectivity index (χ2v) is 8.28. The van der Waals surface area contributed by atoms with Crippen molar-refractivity contribution in [2.75, 3.05) is 33.0 Å². The second kappa shape index (κ2) is 8.39. The number of likely N-dealkylation sites (N-methyl/N-ethyl adjacent to an activating group) is 1. The van der Waals surface area contributed by atoms with Gasteiger partial charge in [-0.05, 0) is 37.4 Å². The Morgan fingerprint density at radius 1 is 1.04 bits per heavy atom. The average Bonchev–Trinajstić information content (AvgIpc) is 2.57. The summed E-state index contributed by atoms with van der Waals surface area (Å²) in [6.07, 6.45) is 0. The number of hydrogen-bond acceptors (Lipinski definition) is 4. The van der Waals surface area contributed by atoms with Gasteiger partial charge in [-0.25, -0.2) is 17.1 Å². The molecule has 0 fully saturated rings. The van der Waals surface area contributed by atoms with Crippen molar-refractivity contribution >= 4 is 21.6 Å². The van der Waals surface area contributed by atoms with Crippen LogP contribution >= 0.6 is 0 Å². The Bertz CT molecular complexity index is 868. The molecule has 26 heavy (non-hydrogen) atoms. The number of benzene rings is 2. The topological polar surface area (TPSA) is 69.7 Å². The molecule has 0 saturated heterocycles. The lowest BCUT2D eigenvalue weighted by atomic mass is 10.2. The lowest BCUT2D eigenvalue weighted by molar-refractivity contribution is -0.117. The normalized spacial score (nSPS) is 11.8. The SMILES string of the molecule is CN(CC(=O)Nc1ccc(S(=O)(=O)N(C)C)cc1)Cc1ccccc1F. The molecule has 0 aliphatic carbocycles. The van der Waals surface area contributed by atoms with Crippen molar-refractivity contribution in [2.24, 2.45) is 0 Å². The highest BCUT2D eigenvalue weighted by molar-refractivity contribution is 7.89. The summed E-state index contributed by atoms with van der Waals surface area (Å²) in [7, 11) is 1.13. The highest BCUT2D eigenvalue weighted by Gasteiger charge is 2.17. The largest absolute Gasteiger partial charge is 0.325 e.